The summed E-state index contributed by atoms with van der Waals surface area (Å²) in [7, 11) is 0. The minimum Gasteiger partial charge on any atom is -0.339 e. The van der Waals surface area contributed by atoms with E-state index in [4.69, 9.17) is 0 Å². The summed E-state index contributed by atoms with van der Waals surface area (Å²) in [4.78, 5) is 31.4. The average Bonchev–Trinajstić information content (AvgIpc) is 3.12. The number of rotatable bonds is 2. The zero-order valence-electron chi connectivity index (χ0n) is 13.3. The van der Waals surface area contributed by atoms with Gasteiger partial charge in [-0.3, -0.25) is 14.5 Å². The molecule has 0 aromatic carbocycles. The first kappa shape index (κ1) is 15.0. The van der Waals surface area contributed by atoms with Crippen LogP contribution in [0.4, 0.5) is 0 Å². The molecule has 124 valence electrons. The van der Waals surface area contributed by atoms with E-state index in [1.165, 1.54) is 16.4 Å². The molecular weight excluding hydrogens is 314 g/mol. The Labute approximate surface area is 139 Å². The normalized spacial score (nSPS) is 27.2. The molecule has 0 N–H and O–H groups in total. The Morgan fingerprint density at radius 3 is 2.65 bits per heavy atom. The molecule has 3 aliphatic rings. The van der Waals surface area contributed by atoms with Crippen LogP contribution in [0, 0.1) is 0 Å². The van der Waals surface area contributed by atoms with Crippen LogP contribution in [0.5, 0.6) is 0 Å². The highest BCUT2D eigenvalue weighted by atomic mass is 32.1. The van der Waals surface area contributed by atoms with Crippen molar-refractivity contribution in [3.63, 3.8) is 0 Å². The monoisotopic (exact) mass is 335 g/mol. The van der Waals surface area contributed by atoms with E-state index in [9.17, 15) is 9.59 Å². The van der Waals surface area contributed by atoms with Gasteiger partial charge in [0.2, 0.25) is 11.8 Å². The molecule has 0 radical (unpaired) electrons. The summed E-state index contributed by atoms with van der Waals surface area (Å²) in [6.45, 7) is 4.66. The second-order valence-corrected chi connectivity index (χ2v) is 7.38. The molecule has 2 atom stereocenters. The van der Waals surface area contributed by atoms with Crippen molar-refractivity contribution in [3.8, 4) is 0 Å². The van der Waals surface area contributed by atoms with Gasteiger partial charge in [-0.25, -0.2) is 0 Å². The lowest BCUT2D eigenvalue weighted by Gasteiger charge is -2.37. The number of nitrogens with zero attached hydrogens (tertiary/aromatic N) is 5. The zero-order valence-corrected chi connectivity index (χ0v) is 14.1. The third kappa shape index (κ3) is 2.63. The maximum Gasteiger partial charge on any atom is 0.236 e. The SMILES string of the molecule is CC(=O)N1CCN(C(=O)CN2C3CCC2c2snnc2C3)CC1. The third-order valence-corrected chi connectivity index (χ3v) is 6.22. The Morgan fingerprint density at radius 2 is 1.91 bits per heavy atom. The lowest BCUT2D eigenvalue weighted by molar-refractivity contribution is -0.139. The fraction of sp³-hybridized carbons (Fsp3) is 0.733. The summed E-state index contributed by atoms with van der Waals surface area (Å²) >= 11 is 1.48. The summed E-state index contributed by atoms with van der Waals surface area (Å²) in [5, 5.41) is 4.23. The van der Waals surface area contributed by atoms with Gasteiger partial charge in [-0.15, -0.1) is 5.10 Å². The number of amides is 2. The number of fused-ring (bicyclic) bond motifs is 4. The molecule has 2 saturated heterocycles. The smallest absolute Gasteiger partial charge is 0.236 e. The van der Waals surface area contributed by atoms with Gasteiger partial charge in [0.1, 0.15) is 0 Å². The van der Waals surface area contributed by atoms with Crippen molar-refractivity contribution in [3.05, 3.63) is 10.6 Å². The van der Waals surface area contributed by atoms with E-state index in [-0.39, 0.29) is 11.8 Å². The minimum absolute atomic E-state index is 0.0939. The topological polar surface area (TPSA) is 69.6 Å². The summed E-state index contributed by atoms with van der Waals surface area (Å²) in [5.41, 5.74) is 1.14. The molecule has 2 fully saturated rings. The first-order valence-corrected chi connectivity index (χ1v) is 9.01. The van der Waals surface area contributed by atoms with Crippen molar-refractivity contribution in [2.75, 3.05) is 32.7 Å². The van der Waals surface area contributed by atoms with Gasteiger partial charge in [0.15, 0.2) is 0 Å². The van der Waals surface area contributed by atoms with Crippen molar-refractivity contribution in [1.29, 1.82) is 0 Å². The van der Waals surface area contributed by atoms with Gasteiger partial charge >= 0.3 is 0 Å². The molecule has 0 saturated carbocycles. The molecule has 0 spiro atoms. The number of carbonyl (C=O) groups excluding carboxylic acids is 2. The Balaban J connectivity index is 1.40. The number of piperazine rings is 1. The number of hydrogen-bond acceptors (Lipinski definition) is 6. The van der Waals surface area contributed by atoms with Crippen LogP contribution in [0.3, 0.4) is 0 Å². The molecule has 0 aliphatic carbocycles. The molecule has 7 nitrogen and oxygen atoms in total. The average molecular weight is 335 g/mol. The highest BCUT2D eigenvalue weighted by Gasteiger charge is 2.43. The summed E-state index contributed by atoms with van der Waals surface area (Å²) in [5.74, 6) is 0.280. The van der Waals surface area contributed by atoms with E-state index in [1.54, 1.807) is 6.92 Å². The van der Waals surface area contributed by atoms with Crippen molar-refractivity contribution in [1.82, 2.24) is 24.3 Å². The van der Waals surface area contributed by atoms with Crippen LogP contribution in [-0.2, 0) is 16.0 Å². The summed E-state index contributed by atoms with van der Waals surface area (Å²) in [6.07, 6.45) is 3.17. The molecule has 1 aromatic rings. The lowest BCUT2D eigenvalue weighted by Crippen LogP contribution is -2.53. The molecule has 4 rings (SSSR count). The molecular formula is C15H21N5O2S. The van der Waals surface area contributed by atoms with E-state index in [1.807, 2.05) is 9.80 Å². The van der Waals surface area contributed by atoms with Crippen LogP contribution < -0.4 is 0 Å². The Morgan fingerprint density at radius 1 is 1.17 bits per heavy atom. The van der Waals surface area contributed by atoms with Gasteiger partial charge in [-0.05, 0) is 24.4 Å². The highest BCUT2D eigenvalue weighted by Crippen LogP contribution is 2.44. The van der Waals surface area contributed by atoms with Gasteiger partial charge in [0.25, 0.3) is 0 Å². The van der Waals surface area contributed by atoms with Crippen molar-refractivity contribution >= 4 is 23.3 Å². The third-order valence-electron chi connectivity index (χ3n) is 5.35. The van der Waals surface area contributed by atoms with Gasteiger partial charge in [-0.1, -0.05) is 4.49 Å². The Hall–Kier alpha value is -1.54. The highest BCUT2D eigenvalue weighted by molar-refractivity contribution is 7.05. The molecule has 1 aromatic heterocycles. The predicted molar refractivity (Wildman–Crippen MR) is 84.9 cm³/mol. The fourth-order valence-electron chi connectivity index (χ4n) is 4.04. The van der Waals surface area contributed by atoms with Gasteiger partial charge in [0, 0.05) is 51.6 Å². The number of hydrogen-bond donors (Lipinski definition) is 0. The second kappa shape index (κ2) is 5.83. The quantitative estimate of drug-likeness (QED) is 0.777. The predicted octanol–water partition coefficient (Wildman–Crippen LogP) is 0.290. The first-order chi connectivity index (χ1) is 11.1. The second-order valence-electron chi connectivity index (χ2n) is 6.59. The lowest BCUT2D eigenvalue weighted by atomic mass is 10.1. The molecule has 2 bridgehead atoms. The molecule has 2 amide bonds. The molecule has 2 unspecified atom stereocenters. The van der Waals surface area contributed by atoms with Crippen molar-refractivity contribution < 1.29 is 9.59 Å². The van der Waals surface area contributed by atoms with E-state index >= 15 is 0 Å². The van der Waals surface area contributed by atoms with E-state index in [0.717, 1.165) is 25.0 Å². The molecule has 23 heavy (non-hydrogen) atoms. The van der Waals surface area contributed by atoms with Crippen LogP contribution in [0.25, 0.3) is 0 Å². The van der Waals surface area contributed by atoms with Crippen LogP contribution in [-0.4, -0.2) is 74.9 Å². The first-order valence-electron chi connectivity index (χ1n) is 8.23. The van der Waals surface area contributed by atoms with Gasteiger partial charge < -0.3 is 9.80 Å². The number of aromatic nitrogens is 2. The largest absolute Gasteiger partial charge is 0.339 e. The summed E-state index contributed by atoms with van der Waals surface area (Å²) in [6, 6.07) is 0.755. The zero-order chi connectivity index (χ0) is 16.0. The van der Waals surface area contributed by atoms with E-state index < -0.39 is 0 Å². The standard InChI is InChI=1S/C15H21N5O2S/c1-10(21)18-4-6-19(7-5-18)14(22)9-20-11-2-3-13(20)15-12(8-11)16-17-23-15/h11,13H,2-9H2,1H3. The van der Waals surface area contributed by atoms with Crippen molar-refractivity contribution in [2.24, 2.45) is 0 Å². The number of carbonyl (C=O) groups is 2. The van der Waals surface area contributed by atoms with Gasteiger partial charge in [-0.2, -0.15) is 0 Å². The maximum absolute atomic E-state index is 12.7. The van der Waals surface area contributed by atoms with Crippen LogP contribution >= 0.6 is 11.5 Å². The van der Waals surface area contributed by atoms with Gasteiger partial charge in [0.05, 0.1) is 17.1 Å². The molecule has 8 heteroatoms. The molecule has 4 heterocycles. The van der Waals surface area contributed by atoms with Crippen LogP contribution in [0.2, 0.25) is 0 Å². The Bertz CT molecular complexity index is 625. The fourth-order valence-corrected chi connectivity index (χ4v) is 4.87. The summed E-state index contributed by atoms with van der Waals surface area (Å²) < 4.78 is 4.08. The Kier molecular flexibility index (Phi) is 3.81. The van der Waals surface area contributed by atoms with Crippen LogP contribution in [0.1, 0.15) is 36.4 Å². The van der Waals surface area contributed by atoms with Crippen LogP contribution in [0.15, 0.2) is 0 Å². The minimum atomic E-state index is 0.0939. The van der Waals surface area contributed by atoms with Crippen molar-refractivity contribution in [2.45, 2.75) is 38.3 Å². The molecule has 3 aliphatic heterocycles. The maximum atomic E-state index is 12.7. The van der Waals surface area contributed by atoms with E-state index in [0.29, 0.717) is 44.8 Å². The van der Waals surface area contributed by atoms with E-state index in [2.05, 4.69) is 14.5 Å².